The quantitative estimate of drug-likeness (QED) is 0.544. The monoisotopic (exact) mass is 513 g/mol. The summed E-state index contributed by atoms with van der Waals surface area (Å²) in [6.07, 6.45) is 4.44. The third-order valence-electron chi connectivity index (χ3n) is 7.95. The van der Waals surface area contributed by atoms with E-state index < -0.39 is 17.6 Å². The van der Waals surface area contributed by atoms with E-state index in [2.05, 4.69) is 10.1 Å². The van der Waals surface area contributed by atoms with Crippen LogP contribution in [0, 0.1) is 5.41 Å². The molecule has 6 rings (SSSR count). The van der Waals surface area contributed by atoms with Crippen LogP contribution in [0.2, 0.25) is 0 Å². The Balaban J connectivity index is 1.15. The van der Waals surface area contributed by atoms with Crippen LogP contribution < -0.4 is 10.3 Å². The molecule has 37 heavy (non-hydrogen) atoms. The van der Waals surface area contributed by atoms with Crippen LogP contribution in [0.3, 0.4) is 0 Å². The summed E-state index contributed by atoms with van der Waals surface area (Å²) in [5.74, 6) is -1.99. The van der Waals surface area contributed by atoms with Crippen LogP contribution >= 0.6 is 0 Å². The Bertz CT molecular complexity index is 1400. The second-order valence-electron chi connectivity index (χ2n) is 11.0. The van der Waals surface area contributed by atoms with E-state index in [1.807, 2.05) is 11.8 Å². The van der Waals surface area contributed by atoms with E-state index in [4.69, 9.17) is 4.74 Å². The summed E-state index contributed by atoms with van der Waals surface area (Å²) in [5.41, 5.74) is -0.621. The minimum absolute atomic E-state index is 0.0888. The Morgan fingerprint density at radius 3 is 2.43 bits per heavy atom. The van der Waals surface area contributed by atoms with Gasteiger partial charge in [-0.2, -0.15) is 5.10 Å². The van der Waals surface area contributed by atoms with Gasteiger partial charge in [-0.25, -0.2) is 18.4 Å². The van der Waals surface area contributed by atoms with Crippen LogP contribution in [0.1, 0.15) is 45.4 Å². The van der Waals surface area contributed by atoms with E-state index in [1.165, 1.54) is 21.8 Å². The first-order valence-electron chi connectivity index (χ1n) is 12.6. The fourth-order valence-corrected chi connectivity index (χ4v) is 5.18. The molecular weight excluding hydrogens is 484 g/mol. The number of halogens is 2. The Kier molecular flexibility index (Phi) is 5.41. The molecule has 1 aromatic carbocycles. The Morgan fingerprint density at radius 2 is 1.81 bits per heavy atom. The van der Waals surface area contributed by atoms with E-state index in [0.29, 0.717) is 48.4 Å². The lowest BCUT2D eigenvalue weighted by molar-refractivity contribution is -0.141. The number of amides is 1. The SMILES string of the molecule is CC1(C(=O)N2CCC(O)(Cn3cnc4c(cnn4-c4ccc(OC5CC(F)(F)C5)cc4)c3=O)CC2)CC1. The molecule has 1 N–H and O–H groups in total. The first-order chi connectivity index (χ1) is 17.5. The lowest BCUT2D eigenvalue weighted by atomic mass is 9.90. The van der Waals surface area contributed by atoms with Crippen LogP contribution in [0.25, 0.3) is 16.7 Å². The first kappa shape index (κ1) is 24.0. The van der Waals surface area contributed by atoms with Gasteiger partial charge in [0.15, 0.2) is 5.65 Å². The van der Waals surface area contributed by atoms with E-state index >= 15 is 0 Å². The van der Waals surface area contributed by atoms with Gasteiger partial charge < -0.3 is 14.7 Å². The summed E-state index contributed by atoms with van der Waals surface area (Å²) < 4.78 is 34.6. The van der Waals surface area contributed by atoms with Gasteiger partial charge in [0.05, 0.1) is 24.0 Å². The zero-order chi connectivity index (χ0) is 26.0. The van der Waals surface area contributed by atoms with Gasteiger partial charge in [0, 0.05) is 31.3 Å². The first-order valence-corrected chi connectivity index (χ1v) is 12.6. The summed E-state index contributed by atoms with van der Waals surface area (Å²) in [6, 6.07) is 6.81. The molecule has 3 aliphatic rings. The molecule has 2 aromatic heterocycles. The number of carbonyl (C=O) groups excluding carboxylic acids is 1. The number of fused-ring (bicyclic) bond motifs is 1. The van der Waals surface area contributed by atoms with Crippen LogP contribution in [-0.4, -0.2) is 66.0 Å². The number of hydrogen-bond donors (Lipinski definition) is 1. The summed E-state index contributed by atoms with van der Waals surface area (Å²) in [7, 11) is 0. The zero-order valence-electron chi connectivity index (χ0n) is 20.6. The lowest BCUT2D eigenvalue weighted by Gasteiger charge is -2.39. The average molecular weight is 514 g/mol. The molecular formula is C26H29F2N5O4. The molecule has 2 aliphatic carbocycles. The summed E-state index contributed by atoms with van der Waals surface area (Å²) in [5, 5.41) is 15.8. The van der Waals surface area contributed by atoms with Crippen LogP contribution in [-0.2, 0) is 11.3 Å². The van der Waals surface area contributed by atoms with E-state index in [-0.39, 0.29) is 36.3 Å². The van der Waals surface area contributed by atoms with Crippen molar-refractivity contribution in [3.05, 3.63) is 47.1 Å². The second-order valence-corrected chi connectivity index (χ2v) is 11.0. The van der Waals surface area contributed by atoms with Crippen molar-refractivity contribution in [2.24, 2.45) is 5.41 Å². The minimum Gasteiger partial charge on any atom is -0.490 e. The average Bonchev–Trinajstić information content (AvgIpc) is 3.45. The van der Waals surface area contributed by atoms with Crippen molar-refractivity contribution in [3.8, 4) is 11.4 Å². The molecule has 1 aliphatic heterocycles. The molecule has 1 saturated heterocycles. The number of nitrogens with zero attached hydrogens (tertiary/aromatic N) is 5. The molecule has 2 saturated carbocycles. The maximum Gasteiger partial charge on any atom is 0.264 e. The number of rotatable bonds is 6. The summed E-state index contributed by atoms with van der Waals surface area (Å²) in [6.45, 7) is 3.01. The molecule has 1 amide bonds. The van der Waals surface area contributed by atoms with Crippen molar-refractivity contribution < 1.29 is 23.4 Å². The molecule has 0 spiro atoms. The van der Waals surface area contributed by atoms with Gasteiger partial charge in [-0.15, -0.1) is 0 Å². The van der Waals surface area contributed by atoms with E-state index in [1.54, 1.807) is 24.3 Å². The third kappa shape index (κ3) is 4.49. The van der Waals surface area contributed by atoms with E-state index in [9.17, 15) is 23.5 Å². The topological polar surface area (TPSA) is 102 Å². The molecule has 0 unspecified atom stereocenters. The lowest BCUT2D eigenvalue weighted by Crippen LogP contribution is -2.51. The fraction of sp³-hybridized carbons (Fsp3) is 0.538. The highest BCUT2D eigenvalue weighted by Gasteiger charge is 2.49. The van der Waals surface area contributed by atoms with Gasteiger partial charge in [-0.1, -0.05) is 6.92 Å². The highest BCUT2D eigenvalue weighted by Crippen LogP contribution is 2.47. The number of piperidine rings is 1. The molecule has 3 aromatic rings. The fourth-order valence-electron chi connectivity index (χ4n) is 5.18. The molecule has 3 heterocycles. The summed E-state index contributed by atoms with van der Waals surface area (Å²) in [4.78, 5) is 32.1. The summed E-state index contributed by atoms with van der Waals surface area (Å²) >= 11 is 0. The van der Waals surface area contributed by atoms with Crippen LogP contribution in [0.5, 0.6) is 5.75 Å². The molecule has 0 atom stereocenters. The van der Waals surface area contributed by atoms with Crippen molar-refractivity contribution in [2.75, 3.05) is 13.1 Å². The normalized spacial score (nSPS) is 22.0. The largest absolute Gasteiger partial charge is 0.490 e. The van der Waals surface area contributed by atoms with Crippen molar-refractivity contribution in [1.82, 2.24) is 24.2 Å². The van der Waals surface area contributed by atoms with Gasteiger partial charge in [-0.3, -0.25) is 14.2 Å². The Labute approximate surface area is 211 Å². The number of alkyl halides is 2. The van der Waals surface area contributed by atoms with Gasteiger partial charge in [0.1, 0.15) is 23.6 Å². The molecule has 196 valence electrons. The number of benzene rings is 1. The number of aromatic nitrogens is 4. The zero-order valence-corrected chi connectivity index (χ0v) is 20.6. The highest BCUT2D eigenvalue weighted by atomic mass is 19.3. The second kappa shape index (κ2) is 8.34. The number of ether oxygens (including phenoxy) is 1. The Hall–Kier alpha value is -3.34. The van der Waals surface area contributed by atoms with Crippen molar-refractivity contribution in [3.63, 3.8) is 0 Å². The molecule has 0 radical (unpaired) electrons. The minimum atomic E-state index is -2.64. The number of likely N-dealkylation sites (tertiary alicyclic amines) is 1. The maximum absolute atomic E-state index is 13.2. The predicted octanol–water partition coefficient (Wildman–Crippen LogP) is 2.91. The van der Waals surface area contributed by atoms with Gasteiger partial charge >= 0.3 is 0 Å². The maximum atomic E-state index is 13.2. The van der Waals surface area contributed by atoms with Crippen LogP contribution in [0.4, 0.5) is 8.78 Å². The van der Waals surface area contributed by atoms with Crippen molar-refractivity contribution >= 4 is 16.9 Å². The van der Waals surface area contributed by atoms with Crippen molar-refractivity contribution in [2.45, 2.75) is 69.6 Å². The molecule has 11 heteroatoms. The van der Waals surface area contributed by atoms with Gasteiger partial charge in [-0.05, 0) is 49.9 Å². The van der Waals surface area contributed by atoms with Crippen LogP contribution in [0.15, 0.2) is 41.6 Å². The smallest absolute Gasteiger partial charge is 0.264 e. The molecule has 9 nitrogen and oxygen atoms in total. The number of carbonyl (C=O) groups is 1. The highest BCUT2D eigenvalue weighted by molar-refractivity contribution is 5.85. The van der Waals surface area contributed by atoms with Gasteiger partial charge in [0.2, 0.25) is 5.91 Å². The number of hydrogen-bond acceptors (Lipinski definition) is 6. The Morgan fingerprint density at radius 1 is 1.14 bits per heavy atom. The van der Waals surface area contributed by atoms with E-state index in [0.717, 1.165) is 12.8 Å². The number of aliphatic hydroxyl groups is 1. The third-order valence-corrected chi connectivity index (χ3v) is 7.95. The molecule has 3 fully saturated rings. The van der Waals surface area contributed by atoms with Crippen molar-refractivity contribution in [1.29, 1.82) is 0 Å². The van der Waals surface area contributed by atoms with Gasteiger partial charge in [0.25, 0.3) is 11.5 Å². The standard InChI is InChI=1S/C26H29F2N5O4/c1-24(6-7-24)23(35)31-10-8-25(36,9-11-31)15-32-16-29-21-20(22(32)34)14-30-33(21)17-2-4-18(5-3-17)37-19-12-26(27,28)13-19/h2-5,14,16,19,36H,6-13,15H2,1H3. The molecule has 0 bridgehead atoms. The predicted molar refractivity (Wildman–Crippen MR) is 130 cm³/mol.